The minimum atomic E-state index is 0.219. The number of amides is 1. The van der Waals surface area contributed by atoms with Crippen LogP contribution >= 0.6 is 0 Å². The van der Waals surface area contributed by atoms with Gasteiger partial charge < -0.3 is 4.90 Å². The first kappa shape index (κ1) is 17.6. The predicted octanol–water partition coefficient (Wildman–Crippen LogP) is 4.05. The van der Waals surface area contributed by atoms with Crippen molar-refractivity contribution in [1.29, 1.82) is 0 Å². The molecule has 3 aromatic rings. The summed E-state index contributed by atoms with van der Waals surface area (Å²) in [4.78, 5) is 15.4. The maximum Gasteiger partial charge on any atom is 0.226 e. The van der Waals surface area contributed by atoms with Crippen molar-refractivity contribution in [3.63, 3.8) is 0 Å². The van der Waals surface area contributed by atoms with Crippen molar-refractivity contribution in [2.75, 3.05) is 0 Å². The Morgan fingerprint density at radius 2 is 1.96 bits per heavy atom. The fourth-order valence-electron chi connectivity index (χ4n) is 4.85. The average Bonchev–Trinajstić information content (AvgIpc) is 3.15. The van der Waals surface area contributed by atoms with Crippen LogP contribution in [-0.2, 0) is 11.3 Å². The molecule has 28 heavy (non-hydrogen) atoms. The lowest BCUT2D eigenvalue weighted by atomic mass is 9.83. The van der Waals surface area contributed by atoms with E-state index in [9.17, 15) is 4.79 Å². The van der Waals surface area contributed by atoms with Gasteiger partial charge >= 0.3 is 0 Å². The van der Waals surface area contributed by atoms with Gasteiger partial charge in [-0.3, -0.25) is 4.79 Å². The Kier molecular flexibility index (Phi) is 4.49. The highest BCUT2D eigenvalue weighted by atomic mass is 16.2. The molecule has 2 fully saturated rings. The number of para-hydroxylation sites is 1. The molecule has 0 bridgehead atoms. The van der Waals surface area contributed by atoms with Crippen LogP contribution in [0.4, 0.5) is 0 Å². The number of benzene rings is 1. The van der Waals surface area contributed by atoms with Crippen molar-refractivity contribution in [3.05, 3.63) is 35.4 Å². The van der Waals surface area contributed by atoms with Crippen LogP contribution in [0.2, 0.25) is 0 Å². The highest BCUT2D eigenvalue weighted by molar-refractivity contribution is 5.86. The van der Waals surface area contributed by atoms with Gasteiger partial charge in [0.2, 0.25) is 5.91 Å². The van der Waals surface area contributed by atoms with E-state index < -0.39 is 0 Å². The molecule has 1 aromatic carbocycles. The normalized spacial score (nSPS) is 18.5. The highest BCUT2D eigenvalue weighted by Crippen LogP contribution is 2.33. The van der Waals surface area contributed by atoms with Crippen LogP contribution in [0.5, 0.6) is 0 Å². The molecular formula is C22H27N5O. The Morgan fingerprint density at radius 1 is 1.14 bits per heavy atom. The van der Waals surface area contributed by atoms with E-state index in [1.54, 1.807) is 0 Å². The van der Waals surface area contributed by atoms with Crippen LogP contribution in [0.15, 0.2) is 24.3 Å². The number of nitrogens with zero attached hydrogens (tertiary/aromatic N) is 5. The first-order chi connectivity index (χ1) is 13.7. The molecule has 0 saturated heterocycles. The molecule has 0 aliphatic heterocycles. The number of aromatic nitrogens is 4. The second kappa shape index (κ2) is 7.15. The molecule has 2 aliphatic rings. The van der Waals surface area contributed by atoms with Crippen molar-refractivity contribution < 1.29 is 4.79 Å². The fraction of sp³-hybridized carbons (Fsp3) is 0.545. The smallest absolute Gasteiger partial charge is 0.226 e. The quantitative estimate of drug-likeness (QED) is 0.688. The number of rotatable bonds is 4. The summed E-state index contributed by atoms with van der Waals surface area (Å²) in [7, 11) is 0. The topological polar surface area (TPSA) is 63.4 Å². The van der Waals surface area contributed by atoms with Gasteiger partial charge in [0.1, 0.15) is 0 Å². The van der Waals surface area contributed by atoms with Gasteiger partial charge in [0.25, 0.3) is 0 Å². The lowest BCUT2D eigenvalue weighted by Crippen LogP contribution is -2.45. The van der Waals surface area contributed by atoms with Crippen LogP contribution in [0, 0.1) is 12.8 Å². The molecule has 1 amide bonds. The Balaban J connectivity index is 1.56. The average molecular weight is 377 g/mol. The molecule has 2 saturated carbocycles. The van der Waals surface area contributed by atoms with Crippen LogP contribution in [-0.4, -0.2) is 36.9 Å². The molecule has 146 valence electrons. The second-order valence-electron chi connectivity index (χ2n) is 8.48. The lowest BCUT2D eigenvalue weighted by molar-refractivity contribution is -0.142. The number of carbonyl (C=O) groups excluding carboxylic acids is 1. The van der Waals surface area contributed by atoms with Crippen molar-refractivity contribution in [2.24, 2.45) is 5.92 Å². The first-order valence-electron chi connectivity index (χ1n) is 10.6. The number of tetrazole rings is 1. The zero-order chi connectivity index (χ0) is 19.1. The predicted molar refractivity (Wildman–Crippen MR) is 108 cm³/mol. The van der Waals surface area contributed by atoms with E-state index in [0.717, 1.165) is 53.4 Å². The molecule has 0 N–H and O–H groups in total. The second-order valence-corrected chi connectivity index (χ2v) is 8.48. The van der Waals surface area contributed by atoms with E-state index in [4.69, 9.17) is 0 Å². The minimum Gasteiger partial charge on any atom is -0.335 e. The van der Waals surface area contributed by atoms with Crippen molar-refractivity contribution >= 4 is 22.5 Å². The molecule has 0 radical (unpaired) electrons. The van der Waals surface area contributed by atoms with Gasteiger partial charge in [0, 0.05) is 29.5 Å². The van der Waals surface area contributed by atoms with Gasteiger partial charge in [-0.2, -0.15) is 4.52 Å². The summed E-state index contributed by atoms with van der Waals surface area (Å²) in [6.45, 7) is 2.69. The summed E-state index contributed by atoms with van der Waals surface area (Å²) in [5.41, 5.74) is 4.00. The third-order valence-corrected chi connectivity index (χ3v) is 6.66. The largest absolute Gasteiger partial charge is 0.335 e. The zero-order valence-corrected chi connectivity index (χ0v) is 16.5. The van der Waals surface area contributed by atoms with Gasteiger partial charge in [-0.25, -0.2) is 0 Å². The van der Waals surface area contributed by atoms with Crippen LogP contribution < -0.4 is 0 Å². The van der Waals surface area contributed by atoms with Gasteiger partial charge in [-0.05, 0) is 54.7 Å². The number of hydrogen-bond acceptors (Lipinski definition) is 4. The Bertz CT molecular complexity index is 1020. The highest BCUT2D eigenvalue weighted by Gasteiger charge is 2.34. The number of carbonyl (C=O) groups is 1. The summed E-state index contributed by atoms with van der Waals surface area (Å²) in [5, 5.41) is 13.6. The number of fused-ring (bicyclic) bond motifs is 3. The standard InChI is InChI=1S/C22H27N5O/c1-15-7-5-10-17-13-18(21-23-24-25-27(21)20(15)17)14-26(19-11-3-2-4-12-19)22(28)16-8-6-9-16/h5,7,10,13,16,19H,2-4,6,8-9,11-12,14H2,1H3. The first-order valence-corrected chi connectivity index (χ1v) is 10.6. The molecule has 2 heterocycles. The van der Waals surface area contributed by atoms with E-state index >= 15 is 0 Å². The molecule has 0 spiro atoms. The van der Waals surface area contributed by atoms with E-state index in [1.807, 2.05) is 4.52 Å². The number of hydrogen-bond donors (Lipinski definition) is 0. The van der Waals surface area contributed by atoms with Crippen molar-refractivity contribution in [2.45, 2.75) is 70.9 Å². The van der Waals surface area contributed by atoms with Gasteiger partial charge in [-0.15, -0.1) is 5.10 Å². The number of aryl methyl sites for hydroxylation is 1. The molecule has 6 nitrogen and oxygen atoms in total. The van der Waals surface area contributed by atoms with Gasteiger partial charge in [0.15, 0.2) is 5.65 Å². The Hall–Kier alpha value is -2.50. The summed E-state index contributed by atoms with van der Waals surface area (Å²) in [5.74, 6) is 0.560. The summed E-state index contributed by atoms with van der Waals surface area (Å²) in [6, 6.07) is 8.78. The number of pyridine rings is 1. The monoisotopic (exact) mass is 377 g/mol. The Labute approximate surface area is 164 Å². The molecule has 0 atom stereocenters. The van der Waals surface area contributed by atoms with Crippen LogP contribution in [0.25, 0.3) is 16.6 Å². The van der Waals surface area contributed by atoms with Gasteiger partial charge in [-0.1, -0.05) is 43.9 Å². The van der Waals surface area contributed by atoms with Crippen LogP contribution in [0.1, 0.15) is 62.5 Å². The third kappa shape index (κ3) is 2.95. The molecular weight excluding hydrogens is 350 g/mol. The summed E-state index contributed by atoms with van der Waals surface area (Å²) >= 11 is 0. The van der Waals surface area contributed by atoms with E-state index in [0.29, 0.717) is 18.5 Å². The maximum absolute atomic E-state index is 13.3. The third-order valence-electron chi connectivity index (χ3n) is 6.66. The van der Waals surface area contributed by atoms with E-state index in [1.165, 1.54) is 25.7 Å². The summed E-state index contributed by atoms with van der Waals surface area (Å²) < 4.78 is 1.84. The van der Waals surface area contributed by atoms with Crippen molar-refractivity contribution in [3.8, 4) is 0 Å². The molecule has 0 unspecified atom stereocenters. The fourth-order valence-corrected chi connectivity index (χ4v) is 4.85. The molecule has 2 aromatic heterocycles. The van der Waals surface area contributed by atoms with Gasteiger partial charge in [0.05, 0.1) is 5.52 Å². The zero-order valence-electron chi connectivity index (χ0n) is 16.5. The SMILES string of the molecule is Cc1cccc2cc(CN(C(=O)C3CCC3)C3CCCCC3)c3nnnn3c12. The van der Waals surface area contributed by atoms with E-state index in [-0.39, 0.29) is 5.92 Å². The molecule has 6 heteroatoms. The summed E-state index contributed by atoms with van der Waals surface area (Å²) in [6.07, 6.45) is 9.23. The van der Waals surface area contributed by atoms with Crippen molar-refractivity contribution in [1.82, 2.24) is 24.9 Å². The Morgan fingerprint density at radius 3 is 2.71 bits per heavy atom. The lowest BCUT2D eigenvalue weighted by Gasteiger charge is -2.38. The van der Waals surface area contributed by atoms with Crippen LogP contribution in [0.3, 0.4) is 0 Å². The maximum atomic E-state index is 13.3. The molecule has 2 aliphatic carbocycles. The minimum absolute atomic E-state index is 0.219. The van der Waals surface area contributed by atoms with E-state index in [2.05, 4.69) is 51.6 Å². The molecule has 5 rings (SSSR count).